The quantitative estimate of drug-likeness (QED) is 0.458. The standard InChI is InChI=1S/C28H31FN6O/c1-17-12-21(6-7-26(17)29)19(3)35-9-8-22-23(25-16-33(5)31-18(25)2)13-20(14-24(22)27(35)36)15-34-11-10-32(4)28(34)30/h6-7,10-14,16,19,30H,8-9,15H2,1-5H3/t19-/m0/s1. The molecule has 0 spiro atoms. The summed E-state index contributed by atoms with van der Waals surface area (Å²) >= 11 is 0. The number of hydrogen-bond acceptors (Lipinski definition) is 3. The van der Waals surface area contributed by atoms with Gasteiger partial charge in [0.2, 0.25) is 5.62 Å². The molecule has 0 bridgehead atoms. The zero-order valence-electron chi connectivity index (χ0n) is 21.3. The molecule has 2 aromatic carbocycles. The van der Waals surface area contributed by atoms with Crippen molar-refractivity contribution in [1.29, 1.82) is 5.41 Å². The highest BCUT2D eigenvalue weighted by molar-refractivity contribution is 5.99. The Morgan fingerprint density at radius 3 is 2.47 bits per heavy atom. The molecular formula is C28H31FN6O. The zero-order chi connectivity index (χ0) is 25.7. The van der Waals surface area contributed by atoms with Gasteiger partial charge < -0.3 is 14.0 Å². The molecule has 186 valence electrons. The summed E-state index contributed by atoms with van der Waals surface area (Å²) < 4.78 is 19.3. The molecule has 0 saturated carbocycles. The normalized spacial score (nSPS) is 14.3. The monoisotopic (exact) mass is 486 g/mol. The van der Waals surface area contributed by atoms with E-state index in [-0.39, 0.29) is 17.8 Å². The maximum Gasteiger partial charge on any atom is 0.254 e. The van der Waals surface area contributed by atoms with Crippen LogP contribution < -0.4 is 5.62 Å². The third-order valence-corrected chi connectivity index (χ3v) is 7.27. The summed E-state index contributed by atoms with van der Waals surface area (Å²) in [6, 6.07) is 8.99. The number of aromatic nitrogens is 4. The number of halogens is 1. The molecule has 4 aromatic rings. The number of carbonyl (C=O) groups is 1. The van der Waals surface area contributed by atoms with Gasteiger partial charge in [0, 0.05) is 50.4 Å². The van der Waals surface area contributed by atoms with Crippen molar-refractivity contribution in [3.05, 3.63) is 93.9 Å². The van der Waals surface area contributed by atoms with E-state index in [0.29, 0.717) is 29.8 Å². The molecule has 5 rings (SSSR count). The highest BCUT2D eigenvalue weighted by Crippen LogP contribution is 2.36. The van der Waals surface area contributed by atoms with E-state index in [4.69, 9.17) is 5.41 Å². The Bertz CT molecular complexity index is 1540. The van der Waals surface area contributed by atoms with Crippen LogP contribution in [0.2, 0.25) is 0 Å². The number of carbonyl (C=O) groups excluding carboxylic acids is 1. The first kappa shape index (κ1) is 23.8. The molecule has 1 aliphatic heterocycles. The smallest absolute Gasteiger partial charge is 0.254 e. The number of nitrogens with zero attached hydrogens (tertiary/aromatic N) is 5. The predicted molar refractivity (Wildman–Crippen MR) is 136 cm³/mol. The molecule has 1 amide bonds. The lowest BCUT2D eigenvalue weighted by Crippen LogP contribution is -2.39. The Hall–Kier alpha value is -3.94. The minimum absolute atomic E-state index is 0.0282. The summed E-state index contributed by atoms with van der Waals surface area (Å²) in [5.41, 5.74) is 7.51. The van der Waals surface area contributed by atoms with Crippen molar-refractivity contribution >= 4 is 5.91 Å². The van der Waals surface area contributed by atoms with E-state index < -0.39 is 0 Å². The van der Waals surface area contributed by atoms with Crippen LogP contribution in [0.1, 0.15) is 51.3 Å². The predicted octanol–water partition coefficient (Wildman–Crippen LogP) is 4.27. The molecule has 1 N–H and O–H groups in total. The van der Waals surface area contributed by atoms with Crippen molar-refractivity contribution in [2.75, 3.05) is 6.54 Å². The van der Waals surface area contributed by atoms with Crippen LogP contribution in [0.4, 0.5) is 4.39 Å². The van der Waals surface area contributed by atoms with E-state index in [1.165, 1.54) is 6.07 Å². The van der Waals surface area contributed by atoms with Crippen LogP contribution in [0, 0.1) is 25.1 Å². The van der Waals surface area contributed by atoms with Crippen LogP contribution in [0.15, 0.2) is 48.9 Å². The highest BCUT2D eigenvalue weighted by Gasteiger charge is 2.31. The third kappa shape index (κ3) is 4.06. The molecule has 1 atom stereocenters. The Labute approximate surface area is 209 Å². The summed E-state index contributed by atoms with van der Waals surface area (Å²) in [6.45, 7) is 6.80. The third-order valence-electron chi connectivity index (χ3n) is 7.27. The summed E-state index contributed by atoms with van der Waals surface area (Å²) in [4.78, 5) is 15.8. The van der Waals surface area contributed by atoms with Gasteiger partial charge in [-0.1, -0.05) is 12.1 Å². The van der Waals surface area contributed by atoms with Crippen LogP contribution in [0.5, 0.6) is 0 Å². The Balaban J connectivity index is 1.60. The molecule has 7 nitrogen and oxygen atoms in total. The molecular weight excluding hydrogens is 455 g/mol. The van der Waals surface area contributed by atoms with Gasteiger partial charge in [0.25, 0.3) is 5.91 Å². The molecule has 3 heterocycles. The van der Waals surface area contributed by atoms with E-state index in [9.17, 15) is 9.18 Å². The van der Waals surface area contributed by atoms with Crippen LogP contribution in [-0.4, -0.2) is 36.3 Å². The van der Waals surface area contributed by atoms with Crippen molar-refractivity contribution in [3.8, 4) is 11.1 Å². The van der Waals surface area contributed by atoms with Gasteiger partial charge >= 0.3 is 0 Å². The first-order valence-corrected chi connectivity index (χ1v) is 12.1. The minimum Gasteiger partial charge on any atom is -0.332 e. The summed E-state index contributed by atoms with van der Waals surface area (Å²) in [5.74, 6) is -0.269. The van der Waals surface area contributed by atoms with Crippen molar-refractivity contribution in [2.45, 2.75) is 39.8 Å². The van der Waals surface area contributed by atoms with Gasteiger partial charge in [0.1, 0.15) is 5.82 Å². The number of aryl methyl sites for hydroxylation is 4. The number of amides is 1. The van der Waals surface area contributed by atoms with E-state index in [1.807, 2.05) is 68.1 Å². The first-order valence-electron chi connectivity index (χ1n) is 12.1. The van der Waals surface area contributed by atoms with Crippen LogP contribution in [-0.2, 0) is 27.1 Å². The summed E-state index contributed by atoms with van der Waals surface area (Å²) in [6.07, 6.45) is 6.45. The van der Waals surface area contributed by atoms with E-state index in [1.54, 1.807) is 22.2 Å². The Morgan fingerprint density at radius 1 is 1.08 bits per heavy atom. The second-order valence-electron chi connectivity index (χ2n) is 9.77. The molecule has 36 heavy (non-hydrogen) atoms. The van der Waals surface area contributed by atoms with Gasteiger partial charge in [-0.25, -0.2) is 4.39 Å². The molecule has 2 aromatic heterocycles. The van der Waals surface area contributed by atoms with Gasteiger partial charge in [-0.05, 0) is 73.2 Å². The van der Waals surface area contributed by atoms with Gasteiger partial charge in [-0.2, -0.15) is 5.10 Å². The molecule has 8 heteroatoms. The van der Waals surface area contributed by atoms with Crippen LogP contribution in [0.3, 0.4) is 0 Å². The molecule has 0 saturated heterocycles. The SMILES string of the molecule is Cc1cc([C@H](C)N2CCc3c(cc(Cn4ccn(C)c4=N)cc3-c3cn(C)nc3C)C2=O)ccc1F. The average Bonchev–Trinajstić information content (AvgIpc) is 3.35. The zero-order valence-corrected chi connectivity index (χ0v) is 21.3. The lowest BCUT2D eigenvalue weighted by Gasteiger charge is -2.35. The lowest BCUT2D eigenvalue weighted by atomic mass is 9.87. The van der Waals surface area contributed by atoms with Gasteiger partial charge in [0.05, 0.1) is 18.3 Å². The van der Waals surface area contributed by atoms with Crippen LogP contribution in [0.25, 0.3) is 11.1 Å². The number of imidazole rings is 1. The fraction of sp³-hybridized carbons (Fsp3) is 0.321. The van der Waals surface area contributed by atoms with E-state index >= 15 is 0 Å². The fourth-order valence-corrected chi connectivity index (χ4v) is 5.20. The molecule has 0 aliphatic carbocycles. The topological polar surface area (TPSA) is 71.8 Å². The Kier molecular flexibility index (Phi) is 5.90. The number of fused-ring (bicyclic) bond motifs is 1. The lowest BCUT2D eigenvalue weighted by molar-refractivity contribution is 0.0673. The van der Waals surface area contributed by atoms with Gasteiger partial charge in [0.15, 0.2) is 0 Å². The number of benzene rings is 2. The fourth-order valence-electron chi connectivity index (χ4n) is 5.20. The van der Waals surface area contributed by atoms with E-state index in [2.05, 4.69) is 11.2 Å². The molecule has 1 aliphatic rings. The maximum absolute atomic E-state index is 13.9. The molecule has 0 unspecified atom stereocenters. The van der Waals surface area contributed by atoms with Crippen molar-refractivity contribution in [2.24, 2.45) is 14.1 Å². The first-order chi connectivity index (χ1) is 17.1. The number of rotatable bonds is 5. The van der Waals surface area contributed by atoms with Crippen molar-refractivity contribution in [3.63, 3.8) is 0 Å². The molecule has 0 radical (unpaired) electrons. The van der Waals surface area contributed by atoms with Crippen molar-refractivity contribution < 1.29 is 9.18 Å². The number of nitrogens with one attached hydrogen (secondary N) is 1. The second-order valence-corrected chi connectivity index (χ2v) is 9.77. The second kappa shape index (κ2) is 8.93. The van der Waals surface area contributed by atoms with Crippen molar-refractivity contribution in [1.82, 2.24) is 23.8 Å². The highest BCUT2D eigenvalue weighted by atomic mass is 19.1. The van der Waals surface area contributed by atoms with Gasteiger partial charge in [-0.15, -0.1) is 0 Å². The van der Waals surface area contributed by atoms with Gasteiger partial charge in [-0.3, -0.25) is 14.9 Å². The summed E-state index contributed by atoms with van der Waals surface area (Å²) in [7, 11) is 3.74. The largest absolute Gasteiger partial charge is 0.332 e. The summed E-state index contributed by atoms with van der Waals surface area (Å²) in [5, 5.41) is 12.9. The van der Waals surface area contributed by atoms with E-state index in [0.717, 1.165) is 39.9 Å². The minimum atomic E-state index is -0.241. The number of hydrogen-bond donors (Lipinski definition) is 1. The maximum atomic E-state index is 13.9. The average molecular weight is 487 g/mol. The Morgan fingerprint density at radius 2 is 1.83 bits per heavy atom. The molecule has 0 fully saturated rings. The van der Waals surface area contributed by atoms with Crippen LogP contribution >= 0.6 is 0 Å².